The summed E-state index contributed by atoms with van der Waals surface area (Å²) in [5, 5.41) is 2.24. The number of fused-ring (bicyclic) bond motifs is 1. The van der Waals surface area contributed by atoms with Crippen LogP contribution in [0.2, 0.25) is 0 Å². The molecule has 2 fully saturated rings. The van der Waals surface area contributed by atoms with Crippen LogP contribution in [0.3, 0.4) is 0 Å². The van der Waals surface area contributed by atoms with Crippen molar-refractivity contribution >= 4 is 17.7 Å². The molecular formula is C19H21F3N4O3. The van der Waals surface area contributed by atoms with Gasteiger partial charge in [0.15, 0.2) is 0 Å². The van der Waals surface area contributed by atoms with Gasteiger partial charge in [0.25, 0.3) is 5.91 Å². The SMILES string of the molecule is N[C@H]1C[C@H](C(F)(F)F)N(Cc2ccc3c(c2)CN(C2CCC(=O)NC2=O)C3=O)C1. The van der Waals surface area contributed by atoms with Gasteiger partial charge in [0.2, 0.25) is 11.8 Å². The van der Waals surface area contributed by atoms with Crippen LogP contribution in [-0.4, -0.2) is 58.4 Å². The molecule has 3 atom stereocenters. The summed E-state index contributed by atoms with van der Waals surface area (Å²) in [6, 6.07) is 2.13. The summed E-state index contributed by atoms with van der Waals surface area (Å²) in [5.74, 6) is -1.17. The number of carbonyl (C=O) groups excluding carboxylic acids is 3. The van der Waals surface area contributed by atoms with Crippen molar-refractivity contribution in [2.75, 3.05) is 6.54 Å². The average Bonchev–Trinajstić information content (AvgIpc) is 3.15. The lowest BCUT2D eigenvalue weighted by Crippen LogP contribution is -2.52. The maximum absolute atomic E-state index is 13.3. The minimum Gasteiger partial charge on any atom is -0.326 e. The van der Waals surface area contributed by atoms with Crippen LogP contribution >= 0.6 is 0 Å². The number of halogens is 3. The molecule has 1 aromatic rings. The molecule has 0 bridgehead atoms. The van der Waals surface area contributed by atoms with Crippen LogP contribution in [0.4, 0.5) is 13.2 Å². The number of nitrogens with one attached hydrogen (secondary N) is 1. The summed E-state index contributed by atoms with van der Waals surface area (Å²) in [7, 11) is 0. The zero-order chi connectivity index (χ0) is 20.9. The van der Waals surface area contributed by atoms with Gasteiger partial charge in [0, 0.05) is 37.7 Å². The molecule has 3 heterocycles. The van der Waals surface area contributed by atoms with Gasteiger partial charge >= 0.3 is 6.18 Å². The Morgan fingerprint density at radius 3 is 2.66 bits per heavy atom. The Hall–Kier alpha value is -2.46. The highest BCUT2D eigenvalue weighted by atomic mass is 19.4. The van der Waals surface area contributed by atoms with Crippen molar-refractivity contribution < 1.29 is 27.6 Å². The lowest BCUT2D eigenvalue weighted by molar-refractivity contribution is -0.177. The summed E-state index contributed by atoms with van der Waals surface area (Å²) < 4.78 is 39.8. The normalized spacial score (nSPS) is 28.1. The first-order chi connectivity index (χ1) is 13.6. The van der Waals surface area contributed by atoms with Crippen LogP contribution in [0.1, 0.15) is 40.7 Å². The van der Waals surface area contributed by atoms with Crippen LogP contribution in [0.5, 0.6) is 0 Å². The Morgan fingerprint density at radius 2 is 1.97 bits per heavy atom. The molecule has 4 rings (SSSR count). The number of carbonyl (C=O) groups is 3. The van der Waals surface area contributed by atoms with E-state index in [1.165, 1.54) is 9.80 Å². The number of rotatable bonds is 3. The van der Waals surface area contributed by atoms with Gasteiger partial charge in [-0.1, -0.05) is 12.1 Å². The molecule has 0 aromatic heterocycles. The lowest BCUT2D eigenvalue weighted by atomic mass is 10.0. The minimum absolute atomic E-state index is 0.0811. The highest BCUT2D eigenvalue weighted by molar-refractivity contribution is 6.05. The molecule has 29 heavy (non-hydrogen) atoms. The van der Waals surface area contributed by atoms with E-state index in [2.05, 4.69) is 5.32 Å². The highest BCUT2D eigenvalue weighted by Crippen LogP contribution is 2.34. The van der Waals surface area contributed by atoms with Crippen molar-refractivity contribution in [3.63, 3.8) is 0 Å². The number of nitrogens with two attached hydrogens (primary N) is 1. The fraction of sp³-hybridized carbons (Fsp3) is 0.526. The fourth-order valence-corrected chi connectivity index (χ4v) is 4.41. The molecule has 1 aromatic carbocycles. The van der Waals surface area contributed by atoms with E-state index in [0.29, 0.717) is 16.7 Å². The van der Waals surface area contributed by atoms with Crippen molar-refractivity contribution in [3.8, 4) is 0 Å². The molecule has 1 unspecified atom stereocenters. The Labute approximate surface area is 165 Å². The molecule has 7 nitrogen and oxygen atoms in total. The quantitative estimate of drug-likeness (QED) is 0.723. The molecule has 3 aliphatic heterocycles. The number of nitrogens with zero attached hydrogens (tertiary/aromatic N) is 2. The topological polar surface area (TPSA) is 95.7 Å². The molecule has 0 aliphatic carbocycles. The number of benzene rings is 1. The summed E-state index contributed by atoms with van der Waals surface area (Å²) >= 11 is 0. The zero-order valence-electron chi connectivity index (χ0n) is 15.5. The van der Waals surface area contributed by atoms with E-state index in [0.717, 1.165) is 0 Å². The standard InChI is InChI=1S/C19H21F3N4O3/c20-19(21,22)15-6-12(23)9-25(15)7-10-1-2-13-11(5-10)8-26(18(13)29)14-3-4-16(27)24-17(14)28/h1-2,5,12,14-15H,3-4,6-9,23H2,(H,24,27,28)/t12-,14?,15+/m0/s1. The van der Waals surface area contributed by atoms with Gasteiger partial charge in [0.1, 0.15) is 12.1 Å². The van der Waals surface area contributed by atoms with E-state index >= 15 is 0 Å². The second-order valence-electron chi connectivity index (χ2n) is 7.87. The number of alkyl halides is 3. The number of imide groups is 1. The van der Waals surface area contributed by atoms with Crippen molar-refractivity contribution in [2.45, 2.75) is 56.7 Å². The maximum Gasteiger partial charge on any atom is 0.404 e. The predicted octanol–water partition coefficient (Wildman–Crippen LogP) is 0.911. The van der Waals surface area contributed by atoms with Crippen molar-refractivity contribution in [1.82, 2.24) is 15.1 Å². The predicted molar refractivity (Wildman–Crippen MR) is 95.3 cm³/mol. The largest absolute Gasteiger partial charge is 0.404 e. The van der Waals surface area contributed by atoms with Crippen molar-refractivity contribution in [1.29, 1.82) is 0 Å². The fourth-order valence-electron chi connectivity index (χ4n) is 4.41. The Morgan fingerprint density at radius 1 is 1.21 bits per heavy atom. The van der Waals surface area contributed by atoms with Crippen molar-refractivity contribution in [2.24, 2.45) is 5.73 Å². The van der Waals surface area contributed by atoms with Crippen LogP contribution < -0.4 is 11.1 Å². The van der Waals surface area contributed by atoms with Crippen LogP contribution in [0, 0.1) is 0 Å². The molecule has 2 saturated heterocycles. The third-order valence-electron chi connectivity index (χ3n) is 5.79. The lowest BCUT2D eigenvalue weighted by Gasteiger charge is -2.29. The second kappa shape index (κ2) is 7.10. The Kier molecular flexibility index (Phi) is 4.86. The van der Waals surface area contributed by atoms with Gasteiger partial charge < -0.3 is 10.6 Å². The molecule has 156 valence electrons. The first-order valence-electron chi connectivity index (χ1n) is 9.46. The van der Waals surface area contributed by atoms with Gasteiger partial charge in [0.05, 0.1) is 0 Å². The summed E-state index contributed by atoms with van der Waals surface area (Å²) in [5.41, 5.74) is 7.51. The van der Waals surface area contributed by atoms with E-state index < -0.39 is 30.2 Å². The third kappa shape index (κ3) is 3.74. The molecule has 3 N–H and O–H groups in total. The number of likely N-dealkylation sites (tertiary alicyclic amines) is 1. The minimum atomic E-state index is -4.34. The maximum atomic E-state index is 13.3. The first-order valence-corrected chi connectivity index (χ1v) is 9.46. The second-order valence-corrected chi connectivity index (χ2v) is 7.87. The van der Waals surface area contributed by atoms with Crippen LogP contribution in [0.15, 0.2) is 18.2 Å². The Balaban J connectivity index is 1.50. The van der Waals surface area contributed by atoms with Gasteiger partial charge in [-0.2, -0.15) is 13.2 Å². The van der Waals surface area contributed by atoms with Gasteiger partial charge in [-0.25, -0.2) is 0 Å². The molecule has 0 spiro atoms. The molecule has 0 saturated carbocycles. The van der Waals surface area contributed by atoms with E-state index in [-0.39, 0.29) is 50.7 Å². The monoisotopic (exact) mass is 410 g/mol. The average molecular weight is 410 g/mol. The molecular weight excluding hydrogens is 389 g/mol. The third-order valence-corrected chi connectivity index (χ3v) is 5.79. The van der Waals surface area contributed by atoms with Crippen LogP contribution in [0.25, 0.3) is 0 Å². The number of hydrogen-bond acceptors (Lipinski definition) is 5. The highest BCUT2D eigenvalue weighted by Gasteiger charge is 2.48. The first kappa shape index (κ1) is 19.8. The number of amides is 3. The van der Waals surface area contributed by atoms with E-state index in [4.69, 9.17) is 5.73 Å². The van der Waals surface area contributed by atoms with Gasteiger partial charge in [-0.05, 0) is 30.0 Å². The van der Waals surface area contributed by atoms with E-state index in [1.807, 2.05) is 0 Å². The summed E-state index contributed by atoms with van der Waals surface area (Å²) in [6.07, 6.45) is -4.05. The Bertz CT molecular complexity index is 873. The smallest absolute Gasteiger partial charge is 0.326 e. The zero-order valence-corrected chi connectivity index (χ0v) is 15.5. The van der Waals surface area contributed by atoms with E-state index in [9.17, 15) is 27.6 Å². The number of piperidine rings is 1. The molecule has 3 aliphatic rings. The van der Waals surface area contributed by atoms with Crippen molar-refractivity contribution in [3.05, 3.63) is 34.9 Å². The number of hydrogen-bond donors (Lipinski definition) is 2. The molecule has 10 heteroatoms. The van der Waals surface area contributed by atoms with E-state index in [1.54, 1.807) is 18.2 Å². The summed E-state index contributed by atoms with van der Waals surface area (Å²) in [6.45, 7) is 0.427. The van der Waals surface area contributed by atoms with Gasteiger partial charge in [-0.3, -0.25) is 24.6 Å². The summed E-state index contributed by atoms with van der Waals surface area (Å²) in [4.78, 5) is 38.9. The van der Waals surface area contributed by atoms with Crippen LogP contribution in [-0.2, 0) is 22.7 Å². The molecule has 0 radical (unpaired) electrons. The molecule has 3 amide bonds. The van der Waals surface area contributed by atoms with Gasteiger partial charge in [-0.15, -0.1) is 0 Å².